The third-order valence-corrected chi connectivity index (χ3v) is 10.2. The van der Waals surface area contributed by atoms with E-state index in [9.17, 15) is 35.2 Å². The summed E-state index contributed by atoms with van der Waals surface area (Å²) in [6, 6.07) is 9.57. The van der Waals surface area contributed by atoms with Gasteiger partial charge < -0.3 is 5.32 Å². The quantitative estimate of drug-likeness (QED) is 0.150. The van der Waals surface area contributed by atoms with Crippen molar-refractivity contribution in [2.75, 3.05) is 11.0 Å². The van der Waals surface area contributed by atoms with Crippen molar-refractivity contribution in [1.82, 2.24) is 29.9 Å². The lowest BCUT2D eigenvalue weighted by atomic mass is 9.73. The van der Waals surface area contributed by atoms with E-state index in [1.807, 2.05) is 0 Å². The van der Waals surface area contributed by atoms with Crippen LogP contribution in [0.1, 0.15) is 58.7 Å². The lowest BCUT2D eigenvalue weighted by molar-refractivity contribution is -0.144. The monoisotopic (exact) mass is 761 g/mol. The number of pyridine rings is 1. The van der Waals surface area contributed by atoms with Crippen LogP contribution in [0.2, 0.25) is 0 Å². The number of aryl methyl sites for hydroxylation is 1. The van der Waals surface area contributed by atoms with Crippen LogP contribution in [0.25, 0.3) is 28.1 Å². The fourth-order valence-electron chi connectivity index (χ4n) is 7.42. The molecule has 5 aromatic rings. The number of hydrogen-bond acceptors (Lipinski definition) is 6. The van der Waals surface area contributed by atoms with Crippen molar-refractivity contribution in [3.05, 3.63) is 101 Å². The number of carbonyl (C=O) groups excluding carboxylic acids is 1. The molecule has 278 valence electrons. The van der Waals surface area contributed by atoms with E-state index in [0.717, 1.165) is 18.4 Å². The Bertz CT molecular complexity index is 2400. The van der Waals surface area contributed by atoms with Gasteiger partial charge in [0.1, 0.15) is 23.9 Å². The molecule has 1 saturated carbocycles. The van der Waals surface area contributed by atoms with Gasteiger partial charge >= 0.3 is 6.18 Å². The van der Waals surface area contributed by atoms with E-state index < -0.39 is 81.0 Å². The first kappa shape index (κ1) is 36.1. The van der Waals surface area contributed by atoms with Crippen molar-refractivity contribution in [3.8, 4) is 11.1 Å². The first-order chi connectivity index (χ1) is 24.9. The highest BCUT2D eigenvalue weighted by Crippen LogP contribution is 2.64. The molecule has 0 bridgehead atoms. The van der Waals surface area contributed by atoms with Gasteiger partial charge in [0.15, 0.2) is 11.5 Å². The van der Waals surface area contributed by atoms with Crippen LogP contribution in [0, 0.1) is 17.6 Å². The Morgan fingerprint density at radius 2 is 1.79 bits per heavy atom. The molecule has 1 amide bonds. The number of amides is 1. The Morgan fingerprint density at radius 1 is 1.08 bits per heavy atom. The van der Waals surface area contributed by atoms with Gasteiger partial charge in [0.25, 0.3) is 5.92 Å². The van der Waals surface area contributed by atoms with Crippen molar-refractivity contribution < 1.29 is 43.9 Å². The average molecular weight is 762 g/mol. The topological polar surface area (TPSA) is 124 Å². The Labute approximate surface area is 297 Å². The molecular formula is C35H30F7N7O3S. The minimum absolute atomic E-state index is 0.0193. The van der Waals surface area contributed by atoms with Crippen molar-refractivity contribution in [1.29, 1.82) is 0 Å². The van der Waals surface area contributed by atoms with Crippen molar-refractivity contribution in [3.63, 3.8) is 0 Å². The molecule has 0 unspecified atom stereocenters. The summed E-state index contributed by atoms with van der Waals surface area (Å²) in [4.78, 5) is 18.5. The number of rotatable bonds is 10. The Morgan fingerprint density at radius 3 is 2.42 bits per heavy atom. The maximum absolute atomic E-state index is 15.5. The molecular weight excluding hydrogens is 731 g/mol. The van der Waals surface area contributed by atoms with Crippen LogP contribution in [0.5, 0.6) is 0 Å². The van der Waals surface area contributed by atoms with Crippen LogP contribution in [0.15, 0.2) is 55.1 Å². The summed E-state index contributed by atoms with van der Waals surface area (Å²) >= 11 is 0. The highest BCUT2D eigenvalue weighted by atomic mass is 32.2. The van der Waals surface area contributed by atoms with Gasteiger partial charge in [-0.2, -0.15) is 32.1 Å². The number of aromatic nitrogens is 5. The Balaban J connectivity index is 1.34. The molecule has 10 nitrogen and oxygen atoms in total. The van der Waals surface area contributed by atoms with Crippen LogP contribution in [-0.2, 0) is 46.9 Å². The minimum atomic E-state index is -5.05. The molecule has 0 radical (unpaired) electrons. The maximum atomic E-state index is 15.5. The molecule has 2 aliphatic rings. The number of carbonyl (C=O) groups is 1. The number of hydrogen-bond donors (Lipinski definition) is 2. The van der Waals surface area contributed by atoms with Crippen LogP contribution in [0.3, 0.4) is 0 Å². The maximum Gasteiger partial charge on any atom is 0.435 e. The molecule has 3 atom stereocenters. The summed E-state index contributed by atoms with van der Waals surface area (Å²) in [6.45, 7) is 2.71. The second kappa shape index (κ2) is 12.7. The van der Waals surface area contributed by atoms with Crippen LogP contribution < -0.4 is 10.0 Å². The zero-order valence-electron chi connectivity index (χ0n) is 28.0. The number of nitrogens with one attached hydrogen (secondary N) is 2. The van der Waals surface area contributed by atoms with E-state index >= 15 is 8.78 Å². The summed E-state index contributed by atoms with van der Waals surface area (Å²) in [5.41, 5.74) is -1.33. The van der Waals surface area contributed by atoms with Gasteiger partial charge in [0.2, 0.25) is 15.9 Å². The number of anilines is 1. The largest absolute Gasteiger partial charge is 0.435 e. The van der Waals surface area contributed by atoms with Gasteiger partial charge in [-0.05, 0) is 61.1 Å². The molecule has 0 aliphatic heterocycles. The van der Waals surface area contributed by atoms with Crippen LogP contribution in [0.4, 0.5) is 36.6 Å². The van der Waals surface area contributed by atoms with Crippen molar-refractivity contribution in [2.24, 2.45) is 13.0 Å². The molecule has 0 spiro atoms. The van der Waals surface area contributed by atoms with E-state index in [1.54, 1.807) is 37.4 Å². The lowest BCUT2D eigenvalue weighted by Crippen LogP contribution is -2.36. The molecule has 1 fully saturated rings. The van der Waals surface area contributed by atoms with Gasteiger partial charge in [0, 0.05) is 41.1 Å². The van der Waals surface area contributed by atoms with Crippen molar-refractivity contribution in [2.45, 2.75) is 49.9 Å². The third kappa shape index (κ3) is 6.53. The number of fused-ring (bicyclic) bond motifs is 4. The average Bonchev–Trinajstić information content (AvgIpc) is 3.60. The third-order valence-electron chi connectivity index (χ3n) is 9.60. The number of alkyl halides is 5. The molecule has 7 rings (SSSR count). The zero-order valence-corrected chi connectivity index (χ0v) is 28.8. The van der Waals surface area contributed by atoms with E-state index in [2.05, 4.69) is 31.8 Å². The summed E-state index contributed by atoms with van der Waals surface area (Å²) in [5, 5.41) is 10.8. The predicted molar refractivity (Wildman–Crippen MR) is 180 cm³/mol. The summed E-state index contributed by atoms with van der Waals surface area (Å²) < 4.78 is 130. The zero-order chi connectivity index (χ0) is 38.2. The van der Waals surface area contributed by atoms with E-state index in [-0.39, 0.29) is 36.3 Å². The van der Waals surface area contributed by atoms with Crippen LogP contribution >= 0.6 is 0 Å². The van der Waals surface area contributed by atoms with Crippen LogP contribution in [-0.4, -0.2) is 45.1 Å². The van der Waals surface area contributed by atoms with E-state index in [0.29, 0.717) is 38.5 Å². The summed E-state index contributed by atoms with van der Waals surface area (Å²) in [7, 11) is -2.17. The fraction of sp³-hybridized carbons (Fsp3) is 0.314. The number of nitrogens with zero attached hydrogens (tertiary/aromatic N) is 5. The van der Waals surface area contributed by atoms with Gasteiger partial charge in [0.05, 0.1) is 29.2 Å². The molecule has 2 aromatic carbocycles. The summed E-state index contributed by atoms with van der Waals surface area (Å²) in [6.07, 6.45) is -2.86. The molecule has 2 aliphatic carbocycles. The second-order valence-electron chi connectivity index (χ2n) is 13.2. The highest BCUT2D eigenvalue weighted by molar-refractivity contribution is 7.92. The number of para-hydroxylation sites is 1. The smallest absolute Gasteiger partial charge is 0.346 e. The molecule has 3 aromatic heterocycles. The first-order valence-corrected chi connectivity index (χ1v) is 18.1. The lowest BCUT2D eigenvalue weighted by Gasteiger charge is -2.34. The number of halogens is 7. The molecule has 53 heavy (non-hydrogen) atoms. The first-order valence-electron chi connectivity index (χ1n) is 16.2. The second-order valence-corrected chi connectivity index (χ2v) is 15.0. The van der Waals surface area contributed by atoms with E-state index in [4.69, 9.17) is 0 Å². The number of sulfonamides is 1. The van der Waals surface area contributed by atoms with Gasteiger partial charge in [-0.1, -0.05) is 24.8 Å². The van der Waals surface area contributed by atoms with Gasteiger partial charge in [-0.3, -0.25) is 23.9 Å². The highest BCUT2D eigenvalue weighted by Gasteiger charge is 2.63. The summed E-state index contributed by atoms with van der Waals surface area (Å²) in [5.74, 6) is -8.89. The van der Waals surface area contributed by atoms with E-state index in [1.165, 1.54) is 10.8 Å². The molecule has 2 N–H and O–H groups in total. The molecule has 0 saturated heterocycles. The predicted octanol–water partition coefficient (Wildman–Crippen LogP) is 6.84. The van der Waals surface area contributed by atoms with Gasteiger partial charge in [-0.15, -0.1) is 0 Å². The Kier molecular flexibility index (Phi) is 8.66. The Hall–Kier alpha value is -5.26. The molecule has 18 heteroatoms. The number of benzene rings is 2. The fourth-order valence-corrected chi connectivity index (χ4v) is 7.92. The SMILES string of the molecule is C=Cc1ccc(-c2cccc3c(NS(C)(=O)=O)nn(C)c23)c([C@H](Cc2cc(F)cc(F)c2)NC(=O)Cn2nc(C(F)(F)F)c3c2C(F)(F)[C@@H]2CC[C@H]32)n1. The molecule has 3 heterocycles. The minimum Gasteiger partial charge on any atom is -0.346 e. The van der Waals surface area contributed by atoms with Gasteiger partial charge in [-0.25, -0.2) is 17.2 Å². The standard InChI is InChI=1S/C35H30F7N7O3S/c1-4-20-8-9-21(22-6-5-7-24-30(22)48(2)46-33(24)47-53(3,51)52)29(43-20)26(14-17-12-18(36)15-19(37)13-17)44-27(50)16-49-32-28(31(45-49)35(40,41)42)23-10-11-25(23)34(32,38)39/h4-9,12-13,15,23,25-26H,1,10-11,14,16H2,2-3H3,(H,44,50)(H,46,47)/t23-,25+,26-/m0/s1. The van der Waals surface area contributed by atoms with Crippen molar-refractivity contribution >= 4 is 38.7 Å². The normalized spacial score (nSPS) is 18.3.